The number of hydrogen-bond donors (Lipinski definition) is 0. The molecule has 1 aliphatic heterocycles. The molecule has 0 fully saturated rings. The first-order chi connectivity index (χ1) is 19.0. The fraction of sp³-hybridized carbons (Fsp3) is 0.100. The number of thioether (sulfide) groups is 1. The van der Waals surface area contributed by atoms with E-state index in [1.54, 1.807) is 24.3 Å². The van der Waals surface area contributed by atoms with Crippen molar-refractivity contribution in [1.29, 1.82) is 0 Å². The zero-order chi connectivity index (χ0) is 26.9. The minimum absolute atomic E-state index is 0.0291. The highest BCUT2D eigenvalue weighted by Crippen LogP contribution is 2.32. The largest absolute Gasteiger partial charge is 0.465 e. The van der Waals surface area contributed by atoms with Crippen LogP contribution >= 0.6 is 11.8 Å². The maximum atomic E-state index is 13.5. The highest BCUT2D eigenvalue weighted by Gasteiger charge is 2.34. The van der Waals surface area contributed by atoms with Gasteiger partial charge in [0.1, 0.15) is 0 Å². The molecule has 0 saturated heterocycles. The van der Waals surface area contributed by atoms with Gasteiger partial charge in [-0.1, -0.05) is 66.4 Å². The van der Waals surface area contributed by atoms with Crippen molar-refractivity contribution >= 4 is 40.3 Å². The van der Waals surface area contributed by atoms with Crippen LogP contribution in [0.1, 0.15) is 42.5 Å². The lowest BCUT2D eigenvalue weighted by Crippen LogP contribution is -2.40. The summed E-state index contributed by atoms with van der Waals surface area (Å²) in [4.78, 5) is 40.0. The standard InChI is InChI=1S/C30H22N4O4S/c1-38-29(37)21-15-13-19(14-16-21)18-39-30-32-31-25(34(30)22-9-3-2-4-10-22)17-33-27(35)23-11-5-7-20-8-6-12-24(26(20)23)28(33)36/h2-16H,17-18H2,1H3. The number of aromatic nitrogens is 3. The van der Waals surface area contributed by atoms with E-state index in [1.807, 2.05) is 71.3 Å². The van der Waals surface area contributed by atoms with Gasteiger partial charge in [-0.05, 0) is 47.3 Å². The minimum atomic E-state index is -0.386. The van der Waals surface area contributed by atoms with Gasteiger partial charge in [0.05, 0.1) is 19.2 Å². The third-order valence-electron chi connectivity index (χ3n) is 6.61. The molecule has 8 nitrogen and oxygen atoms in total. The molecule has 2 heterocycles. The van der Waals surface area contributed by atoms with Gasteiger partial charge in [0.25, 0.3) is 11.8 Å². The van der Waals surface area contributed by atoms with Gasteiger partial charge in [-0.2, -0.15) is 0 Å². The molecule has 192 valence electrons. The number of carbonyl (C=O) groups is 3. The van der Waals surface area contributed by atoms with Crippen molar-refractivity contribution in [2.75, 3.05) is 7.11 Å². The Balaban J connectivity index is 1.31. The molecule has 0 N–H and O–H groups in total. The second kappa shape index (κ2) is 10.2. The van der Waals surface area contributed by atoms with E-state index in [0.29, 0.717) is 38.8 Å². The number of para-hydroxylation sites is 1. The molecule has 6 rings (SSSR count). The summed E-state index contributed by atoms with van der Waals surface area (Å²) in [7, 11) is 1.35. The SMILES string of the molecule is COC(=O)c1ccc(CSc2nnc(CN3C(=O)c4cccc5cccc(c45)C3=O)n2-c2ccccc2)cc1. The number of rotatable bonds is 7. The van der Waals surface area contributed by atoms with Gasteiger partial charge in [-0.15, -0.1) is 10.2 Å². The van der Waals surface area contributed by atoms with E-state index in [9.17, 15) is 14.4 Å². The van der Waals surface area contributed by atoms with Crippen LogP contribution in [-0.4, -0.2) is 44.6 Å². The first-order valence-electron chi connectivity index (χ1n) is 12.2. The van der Waals surface area contributed by atoms with Crippen LogP contribution in [0.4, 0.5) is 0 Å². The molecule has 0 saturated carbocycles. The van der Waals surface area contributed by atoms with Crippen molar-refractivity contribution in [3.05, 3.63) is 119 Å². The molecule has 1 aliphatic rings. The maximum Gasteiger partial charge on any atom is 0.337 e. The summed E-state index contributed by atoms with van der Waals surface area (Å²) in [5, 5.41) is 11.0. The third-order valence-corrected chi connectivity index (χ3v) is 7.61. The molecule has 0 spiro atoms. The van der Waals surface area contributed by atoms with Crippen molar-refractivity contribution < 1.29 is 19.1 Å². The predicted octanol–water partition coefficient (Wildman–Crippen LogP) is 5.30. The number of nitrogens with zero attached hydrogens (tertiary/aromatic N) is 4. The van der Waals surface area contributed by atoms with E-state index in [0.717, 1.165) is 16.6 Å². The number of esters is 1. The molecule has 0 atom stereocenters. The van der Waals surface area contributed by atoms with Crippen LogP contribution in [0.15, 0.2) is 96.2 Å². The topological polar surface area (TPSA) is 94.4 Å². The van der Waals surface area contributed by atoms with E-state index in [1.165, 1.54) is 23.8 Å². The molecule has 4 aromatic carbocycles. The Kier molecular flexibility index (Phi) is 6.42. The molecule has 5 aromatic rings. The quantitative estimate of drug-likeness (QED) is 0.159. The summed E-state index contributed by atoms with van der Waals surface area (Å²) in [6, 6.07) is 27.7. The van der Waals surface area contributed by atoms with E-state index in [2.05, 4.69) is 10.2 Å². The van der Waals surface area contributed by atoms with Crippen LogP contribution in [0, 0.1) is 0 Å². The second-order valence-electron chi connectivity index (χ2n) is 8.95. The van der Waals surface area contributed by atoms with Crippen LogP contribution in [0.2, 0.25) is 0 Å². The Labute approximate surface area is 228 Å². The lowest BCUT2D eigenvalue weighted by molar-refractivity contribution is 0.0585. The van der Waals surface area contributed by atoms with Gasteiger partial charge in [-0.3, -0.25) is 19.1 Å². The Bertz CT molecular complexity index is 1680. The van der Waals surface area contributed by atoms with Crippen molar-refractivity contribution in [3.63, 3.8) is 0 Å². The van der Waals surface area contributed by atoms with E-state index < -0.39 is 0 Å². The molecule has 2 amide bonds. The molecule has 39 heavy (non-hydrogen) atoms. The first-order valence-corrected chi connectivity index (χ1v) is 13.2. The van der Waals surface area contributed by atoms with E-state index in [-0.39, 0.29) is 24.3 Å². The average Bonchev–Trinajstić information content (AvgIpc) is 3.39. The minimum Gasteiger partial charge on any atom is -0.465 e. The highest BCUT2D eigenvalue weighted by molar-refractivity contribution is 7.98. The number of methoxy groups -OCH3 is 1. The second-order valence-corrected chi connectivity index (χ2v) is 9.90. The van der Waals surface area contributed by atoms with Gasteiger partial charge in [0.15, 0.2) is 11.0 Å². The van der Waals surface area contributed by atoms with E-state index >= 15 is 0 Å². The normalized spacial score (nSPS) is 12.7. The number of imide groups is 1. The Hall–Kier alpha value is -4.76. The Morgan fingerprint density at radius 3 is 2.13 bits per heavy atom. The molecule has 0 bridgehead atoms. The van der Waals surface area contributed by atoms with E-state index in [4.69, 9.17) is 4.74 Å². The monoisotopic (exact) mass is 534 g/mol. The van der Waals surface area contributed by atoms with Gasteiger partial charge in [0.2, 0.25) is 0 Å². The van der Waals surface area contributed by atoms with Gasteiger partial charge < -0.3 is 4.74 Å². The summed E-state index contributed by atoms with van der Waals surface area (Å²) in [5.74, 6) is -0.0523. The van der Waals surface area contributed by atoms with Crippen molar-refractivity contribution in [2.45, 2.75) is 17.5 Å². The van der Waals surface area contributed by atoms with Gasteiger partial charge >= 0.3 is 5.97 Å². The number of hydrogen-bond acceptors (Lipinski definition) is 7. The number of amides is 2. The zero-order valence-electron chi connectivity index (χ0n) is 20.9. The summed E-state index contributed by atoms with van der Waals surface area (Å²) in [5.41, 5.74) is 3.29. The summed E-state index contributed by atoms with van der Waals surface area (Å²) >= 11 is 1.47. The van der Waals surface area contributed by atoms with Crippen LogP contribution in [0.25, 0.3) is 16.5 Å². The van der Waals surface area contributed by atoms with Crippen LogP contribution in [0.3, 0.4) is 0 Å². The third kappa shape index (κ3) is 4.46. The fourth-order valence-electron chi connectivity index (χ4n) is 4.70. The zero-order valence-corrected chi connectivity index (χ0v) is 21.7. The van der Waals surface area contributed by atoms with Crippen LogP contribution in [-0.2, 0) is 17.0 Å². The number of carbonyl (C=O) groups excluding carboxylic acids is 3. The van der Waals surface area contributed by atoms with Crippen molar-refractivity contribution in [1.82, 2.24) is 19.7 Å². The van der Waals surface area contributed by atoms with Crippen LogP contribution < -0.4 is 0 Å². The maximum absolute atomic E-state index is 13.5. The highest BCUT2D eigenvalue weighted by atomic mass is 32.2. The lowest BCUT2D eigenvalue weighted by Gasteiger charge is -2.27. The fourth-order valence-corrected chi connectivity index (χ4v) is 5.63. The molecule has 9 heteroatoms. The van der Waals surface area contributed by atoms with Gasteiger partial charge in [0, 0.05) is 28.0 Å². The lowest BCUT2D eigenvalue weighted by atomic mass is 9.94. The molecular weight excluding hydrogens is 512 g/mol. The average molecular weight is 535 g/mol. The van der Waals surface area contributed by atoms with Crippen LogP contribution in [0.5, 0.6) is 0 Å². The summed E-state index contributed by atoms with van der Waals surface area (Å²) < 4.78 is 6.64. The molecular formula is C30H22N4O4S. The van der Waals surface area contributed by atoms with Gasteiger partial charge in [-0.25, -0.2) is 4.79 Å². The Morgan fingerprint density at radius 1 is 0.821 bits per heavy atom. The molecule has 0 unspecified atom stereocenters. The molecule has 0 radical (unpaired) electrons. The smallest absolute Gasteiger partial charge is 0.337 e. The number of ether oxygens (including phenoxy) is 1. The first kappa shape index (κ1) is 24.6. The summed E-state index contributed by atoms with van der Waals surface area (Å²) in [6.45, 7) is -0.0291. The Morgan fingerprint density at radius 2 is 1.49 bits per heavy atom. The molecule has 1 aromatic heterocycles. The predicted molar refractivity (Wildman–Crippen MR) is 147 cm³/mol. The molecule has 0 aliphatic carbocycles. The van der Waals surface area contributed by atoms with Crippen molar-refractivity contribution in [3.8, 4) is 5.69 Å². The van der Waals surface area contributed by atoms with Crippen molar-refractivity contribution in [2.24, 2.45) is 0 Å². The number of benzene rings is 4. The summed E-state index contributed by atoms with van der Waals surface area (Å²) in [6.07, 6.45) is 0.